The van der Waals surface area contributed by atoms with Crippen LogP contribution in [0.2, 0.25) is 0 Å². The van der Waals surface area contributed by atoms with Gasteiger partial charge >= 0.3 is 0 Å². The SMILES string of the molecule is COC1=CC(c2cc3n(n2)C(=O)CC=N3)C(C)=C(c2ccc(F)cc2F)C1. The van der Waals surface area contributed by atoms with Crippen LogP contribution in [0.1, 0.15) is 41.7 Å². The van der Waals surface area contributed by atoms with Crippen molar-refractivity contribution in [1.29, 1.82) is 0 Å². The van der Waals surface area contributed by atoms with Gasteiger partial charge in [0, 0.05) is 36.2 Å². The van der Waals surface area contributed by atoms with Gasteiger partial charge in [0.25, 0.3) is 5.91 Å². The highest BCUT2D eigenvalue weighted by atomic mass is 19.1. The Balaban J connectivity index is 1.82. The highest BCUT2D eigenvalue weighted by Gasteiger charge is 2.28. The van der Waals surface area contributed by atoms with Crippen LogP contribution in [0.15, 0.2) is 46.7 Å². The Morgan fingerprint density at radius 2 is 2.07 bits per heavy atom. The van der Waals surface area contributed by atoms with Crippen LogP contribution in [0.25, 0.3) is 5.57 Å². The minimum absolute atomic E-state index is 0.149. The first-order valence-electron chi connectivity index (χ1n) is 8.53. The number of aliphatic imine (C=N–C) groups is 1. The van der Waals surface area contributed by atoms with Crippen LogP contribution in [0.5, 0.6) is 0 Å². The van der Waals surface area contributed by atoms with Gasteiger partial charge in [-0.1, -0.05) is 5.57 Å². The number of nitrogens with zero attached hydrogens (tertiary/aromatic N) is 3. The van der Waals surface area contributed by atoms with E-state index in [0.29, 0.717) is 29.3 Å². The second-order valence-corrected chi connectivity index (χ2v) is 6.53. The molecule has 2 aliphatic rings. The molecule has 0 saturated heterocycles. The maximum Gasteiger partial charge on any atom is 0.254 e. The van der Waals surface area contributed by atoms with E-state index in [0.717, 1.165) is 17.2 Å². The molecule has 1 unspecified atom stereocenters. The van der Waals surface area contributed by atoms with Gasteiger partial charge in [0.05, 0.1) is 25.0 Å². The summed E-state index contributed by atoms with van der Waals surface area (Å²) in [6.45, 7) is 1.88. The lowest BCUT2D eigenvalue weighted by atomic mass is 9.82. The van der Waals surface area contributed by atoms with Gasteiger partial charge in [-0.15, -0.1) is 0 Å². The summed E-state index contributed by atoms with van der Waals surface area (Å²) in [4.78, 5) is 16.2. The average molecular weight is 369 g/mol. The number of hydrogen-bond donors (Lipinski definition) is 0. The van der Waals surface area contributed by atoms with Crippen LogP contribution in [0.4, 0.5) is 14.6 Å². The molecule has 1 aliphatic heterocycles. The predicted octanol–water partition coefficient (Wildman–Crippen LogP) is 4.40. The quantitative estimate of drug-likeness (QED) is 0.806. The highest BCUT2D eigenvalue weighted by Crippen LogP contribution is 2.41. The van der Waals surface area contributed by atoms with Gasteiger partial charge in [-0.2, -0.15) is 9.78 Å². The van der Waals surface area contributed by atoms with Gasteiger partial charge in [-0.25, -0.2) is 13.8 Å². The number of fused-ring (bicyclic) bond motifs is 1. The molecule has 0 bridgehead atoms. The van der Waals surface area contributed by atoms with E-state index in [9.17, 15) is 13.6 Å². The first kappa shape index (κ1) is 17.3. The molecule has 1 aromatic heterocycles. The number of carbonyl (C=O) groups is 1. The van der Waals surface area contributed by atoms with Crippen molar-refractivity contribution in [1.82, 2.24) is 9.78 Å². The van der Waals surface area contributed by atoms with E-state index >= 15 is 0 Å². The molecule has 0 radical (unpaired) electrons. The molecule has 1 atom stereocenters. The summed E-state index contributed by atoms with van der Waals surface area (Å²) in [7, 11) is 1.55. The molecule has 7 heteroatoms. The van der Waals surface area contributed by atoms with Crippen molar-refractivity contribution in [3.05, 3.63) is 64.6 Å². The van der Waals surface area contributed by atoms with Crippen LogP contribution in [0.3, 0.4) is 0 Å². The van der Waals surface area contributed by atoms with Crippen molar-refractivity contribution < 1.29 is 18.3 Å². The van der Waals surface area contributed by atoms with Crippen LogP contribution in [-0.4, -0.2) is 29.0 Å². The number of rotatable bonds is 3. The average Bonchev–Trinajstić information content (AvgIpc) is 3.08. The summed E-state index contributed by atoms with van der Waals surface area (Å²) in [6, 6.07) is 5.29. The Bertz CT molecular complexity index is 1030. The Morgan fingerprint density at radius 1 is 1.26 bits per heavy atom. The third-order valence-corrected chi connectivity index (χ3v) is 4.92. The Labute approximate surface area is 154 Å². The lowest BCUT2D eigenvalue weighted by Gasteiger charge is -2.25. The first-order chi connectivity index (χ1) is 13.0. The molecule has 0 amide bonds. The van der Waals surface area contributed by atoms with Gasteiger partial charge in [0.1, 0.15) is 11.6 Å². The summed E-state index contributed by atoms with van der Waals surface area (Å²) >= 11 is 0. The zero-order valence-electron chi connectivity index (χ0n) is 14.9. The molecular weight excluding hydrogens is 352 g/mol. The number of methoxy groups -OCH3 is 1. The van der Waals surface area contributed by atoms with Crippen molar-refractivity contribution in [2.24, 2.45) is 4.99 Å². The van der Waals surface area contributed by atoms with Crippen LogP contribution >= 0.6 is 0 Å². The van der Waals surface area contributed by atoms with Crippen LogP contribution < -0.4 is 0 Å². The normalized spacial score (nSPS) is 19.2. The Morgan fingerprint density at radius 3 is 2.78 bits per heavy atom. The monoisotopic (exact) mass is 369 g/mol. The van der Waals surface area contributed by atoms with E-state index in [-0.39, 0.29) is 18.2 Å². The molecule has 2 heterocycles. The maximum atomic E-state index is 14.4. The smallest absolute Gasteiger partial charge is 0.254 e. The zero-order chi connectivity index (χ0) is 19.1. The molecule has 0 N–H and O–H groups in total. The van der Waals surface area contributed by atoms with E-state index in [1.807, 2.05) is 13.0 Å². The largest absolute Gasteiger partial charge is 0.501 e. The van der Waals surface area contributed by atoms with Gasteiger partial charge in [-0.3, -0.25) is 4.79 Å². The van der Waals surface area contributed by atoms with Gasteiger partial charge in [0.2, 0.25) is 0 Å². The molecule has 0 fully saturated rings. The van der Waals surface area contributed by atoms with Crippen LogP contribution in [0, 0.1) is 11.6 Å². The van der Waals surface area contributed by atoms with Gasteiger partial charge in [-0.05, 0) is 30.7 Å². The summed E-state index contributed by atoms with van der Waals surface area (Å²) in [5.74, 6) is -0.558. The van der Waals surface area contributed by atoms with E-state index < -0.39 is 11.6 Å². The van der Waals surface area contributed by atoms with Crippen molar-refractivity contribution in [2.45, 2.75) is 25.7 Å². The topological polar surface area (TPSA) is 56.5 Å². The Kier molecular flexibility index (Phi) is 4.22. The molecule has 2 aromatic rings. The molecule has 0 saturated carbocycles. The summed E-state index contributed by atoms with van der Waals surface area (Å²) in [5, 5.41) is 4.40. The fourth-order valence-electron chi connectivity index (χ4n) is 3.48. The molecule has 5 nitrogen and oxygen atoms in total. The van der Waals surface area contributed by atoms with Gasteiger partial charge in [0.15, 0.2) is 5.82 Å². The second-order valence-electron chi connectivity index (χ2n) is 6.53. The van der Waals surface area contributed by atoms with E-state index in [1.54, 1.807) is 19.4 Å². The first-order valence-corrected chi connectivity index (χ1v) is 8.53. The van der Waals surface area contributed by atoms with E-state index in [1.165, 1.54) is 16.8 Å². The third-order valence-electron chi connectivity index (χ3n) is 4.92. The molecule has 4 rings (SSSR count). The fraction of sp³-hybridized carbons (Fsp3) is 0.250. The molecule has 1 aromatic carbocycles. The molecule has 138 valence electrons. The number of hydrogen-bond acceptors (Lipinski definition) is 4. The molecule has 1 aliphatic carbocycles. The number of halogens is 2. The number of benzene rings is 1. The lowest BCUT2D eigenvalue weighted by Crippen LogP contribution is -2.16. The molecule has 27 heavy (non-hydrogen) atoms. The highest BCUT2D eigenvalue weighted by molar-refractivity contribution is 5.96. The summed E-state index contributed by atoms with van der Waals surface area (Å²) in [5.41, 5.74) is 2.55. The Hall–Kier alpha value is -3.09. The lowest BCUT2D eigenvalue weighted by molar-refractivity contribution is 0.0907. The fourth-order valence-corrected chi connectivity index (χ4v) is 3.48. The van der Waals surface area contributed by atoms with Crippen molar-refractivity contribution in [3.63, 3.8) is 0 Å². The van der Waals surface area contributed by atoms with Crippen molar-refractivity contribution in [2.75, 3.05) is 7.11 Å². The number of ether oxygens (including phenoxy) is 1. The summed E-state index contributed by atoms with van der Waals surface area (Å²) in [6.07, 6.45) is 4.07. The predicted molar refractivity (Wildman–Crippen MR) is 97.0 cm³/mol. The van der Waals surface area contributed by atoms with Crippen LogP contribution in [-0.2, 0) is 4.74 Å². The minimum Gasteiger partial charge on any atom is -0.501 e. The van der Waals surface area contributed by atoms with Gasteiger partial charge < -0.3 is 4.74 Å². The number of aromatic nitrogens is 2. The minimum atomic E-state index is -0.623. The van der Waals surface area contributed by atoms with Crippen molar-refractivity contribution in [3.8, 4) is 0 Å². The van der Waals surface area contributed by atoms with E-state index in [2.05, 4.69) is 10.1 Å². The standard InChI is InChI=1S/C20H17F2N3O2/c1-11-15(14-4-3-12(21)7-17(14)22)8-13(27-2)9-16(11)18-10-19-23-6-5-20(26)25(19)24-18/h3-4,6-7,9-10,16H,5,8H2,1-2H3. The zero-order valence-corrected chi connectivity index (χ0v) is 14.9. The number of allylic oxidation sites excluding steroid dienone is 3. The van der Waals surface area contributed by atoms with E-state index in [4.69, 9.17) is 4.74 Å². The second kappa shape index (κ2) is 6.57. The molecule has 0 spiro atoms. The maximum absolute atomic E-state index is 14.4. The molecular formula is C20H17F2N3O2. The number of carbonyl (C=O) groups excluding carboxylic acids is 1. The summed E-state index contributed by atoms with van der Waals surface area (Å²) < 4.78 is 34.4. The third kappa shape index (κ3) is 2.99. The van der Waals surface area contributed by atoms with Crippen molar-refractivity contribution >= 4 is 23.5 Å².